The number of hydrogen-bond acceptors (Lipinski definition) is 5. The van der Waals surface area contributed by atoms with E-state index in [-0.39, 0.29) is 12.1 Å². The highest BCUT2D eigenvalue weighted by Crippen LogP contribution is 2.28. The molecule has 0 aliphatic heterocycles. The van der Waals surface area contributed by atoms with Gasteiger partial charge in [-0.05, 0) is 24.8 Å². The molecule has 5 heteroatoms. The van der Waals surface area contributed by atoms with Crippen LogP contribution in [0.4, 0.5) is 5.82 Å². The number of aryl methyl sites for hydroxylation is 1. The van der Waals surface area contributed by atoms with E-state index in [0.717, 1.165) is 34.7 Å². The quantitative estimate of drug-likeness (QED) is 0.873. The zero-order valence-electron chi connectivity index (χ0n) is 11.0. The van der Waals surface area contributed by atoms with E-state index in [2.05, 4.69) is 22.2 Å². The van der Waals surface area contributed by atoms with Gasteiger partial charge in [-0.3, -0.25) is 0 Å². The molecule has 0 fully saturated rings. The van der Waals surface area contributed by atoms with Crippen LogP contribution in [0.2, 0.25) is 0 Å². The first-order valence-corrected chi connectivity index (χ1v) is 7.13. The average molecular weight is 265 g/mol. The molecule has 2 heterocycles. The van der Waals surface area contributed by atoms with Gasteiger partial charge >= 0.3 is 0 Å². The van der Waals surface area contributed by atoms with E-state index in [1.54, 1.807) is 11.3 Å². The Morgan fingerprint density at radius 3 is 2.78 bits per heavy atom. The van der Waals surface area contributed by atoms with E-state index >= 15 is 0 Å². The summed E-state index contributed by atoms with van der Waals surface area (Å²) in [7, 11) is 0. The number of aliphatic hydroxyl groups is 1. The van der Waals surface area contributed by atoms with E-state index < -0.39 is 0 Å². The largest absolute Gasteiger partial charge is 0.394 e. The predicted molar refractivity (Wildman–Crippen MR) is 76.2 cm³/mol. The van der Waals surface area contributed by atoms with Crippen molar-refractivity contribution in [3.63, 3.8) is 0 Å². The van der Waals surface area contributed by atoms with Crippen LogP contribution in [-0.4, -0.2) is 27.2 Å². The predicted octanol–water partition coefficient (Wildman–Crippen LogP) is 2.83. The molecule has 98 valence electrons. The first kappa shape index (κ1) is 13.2. The van der Waals surface area contributed by atoms with Crippen LogP contribution in [-0.2, 0) is 6.42 Å². The van der Waals surface area contributed by atoms with E-state index in [4.69, 9.17) is 0 Å². The second-order valence-corrected chi connectivity index (χ2v) is 5.57. The third-order valence-corrected chi connectivity index (χ3v) is 4.04. The summed E-state index contributed by atoms with van der Waals surface area (Å²) in [5.74, 6) is 1.67. The van der Waals surface area contributed by atoms with Crippen LogP contribution < -0.4 is 5.32 Å². The van der Waals surface area contributed by atoms with Crippen LogP contribution in [0.15, 0.2) is 11.4 Å². The van der Waals surface area contributed by atoms with Crippen LogP contribution in [0.1, 0.15) is 33.0 Å². The Balaban J connectivity index is 2.45. The van der Waals surface area contributed by atoms with Crippen molar-refractivity contribution >= 4 is 27.4 Å². The van der Waals surface area contributed by atoms with E-state index in [1.165, 1.54) is 0 Å². The number of nitrogens with zero attached hydrogens (tertiary/aromatic N) is 2. The topological polar surface area (TPSA) is 58.0 Å². The van der Waals surface area contributed by atoms with Crippen LogP contribution in [0.25, 0.3) is 10.2 Å². The van der Waals surface area contributed by atoms with E-state index in [9.17, 15) is 5.11 Å². The molecule has 18 heavy (non-hydrogen) atoms. The monoisotopic (exact) mass is 265 g/mol. The highest BCUT2D eigenvalue weighted by molar-refractivity contribution is 7.16. The lowest BCUT2D eigenvalue weighted by molar-refractivity contribution is 0.218. The number of rotatable bonds is 5. The summed E-state index contributed by atoms with van der Waals surface area (Å²) in [6, 6.07) is 2.02. The van der Waals surface area contributed by atoms with Gasteiger partial charge < -0.3 is 10.4 Å². The van der Waals surface area contributed by atoms with E-state index in [1.807, 2.05) is 25.3 Å². The lowest BCUT2D eigenvalue weighted by Crippen LogP contribution is -2.38. The van der Waals surface area contributed by atoms with Crippen LogP contribution in [0.3, 0.4) is 0 Å². The van der Waals surface area contributed by atoms with Gasteiger partial charge in [0.2, 0.25) is 0 Å². The molecule has 1 atom stereocenters. The second kappa shape index (κ2) is 5.20. The van der Waals surface area contributed by atoms with Gasteiger partial charge in [-0.1, -0.05) is 13.8 Å². The summed E-state index contributed by atoms with van der Waals surface area (Å²) >= 11 is 1.62. The second-order valence-electron chi connectivity index (χ2n) is 4.68. The molecule has 0 aliphatic carbocycles. The Hall–Kier alpha value is -1.20. The maximum absolute atomic E-state index is 9.49. The van der Waals surface area contributed by atoms with Crippen molar-refractivity contribution in [2.24, 2.45) is 0 Å². The molecule has 0 bridgehead atoms. The maximum atomic E-state index is 9.49. The molecular formula is C13H19N3OS. The maximum Gasteiger partial charge on any atom is 0.139 e. The summed E-state index contributed by atoms with van der Waals surface area (Å²) in [6.07, 6.45) is 1.64. The molecule has 2 aromatic heterocycles. The van der Waals surface area contributed by atoms with Gasteiger partial charge in [0, 0.05) is 6.42 Å². The Morgan fingerprint density at radius 1 is 1.39 bits per heavy atom. The van der Waals surface area contributed by atoms with Crippen molar-refractivity contribution in [3.05, 3.63) is 17.3 Å². The molecule has 2 aromatic rings. The van der Waals surface area contributed by atoms with Crippen molar-refractivity contribution in [1.82, 2.24) is 9.97 Å². The van der Waals surface area contributed by atoms with Crippen LogP contribution >= 0.6 is 11.3 Å². The van der Waals surface area contributed by atoms with Crippen molar-refractivity contribution in [2.75, 3.05) is 11.9 Å². The molecule has 1 unspecified atom stereocenters. The summed E-state index contributed by atoms with van der Waals surface area (Å²) < 4.78 is 0. The lowest BCUT2D eigenvalue weighted by Gasteiger charge is -2.28. The fourth-order valence-electron chi connectivity index (χ4n) is 1.68. The number of nitrogens with one attached hydrogen (secondary N) is 1. The molecule has 0 aliphatic rings. The summed E-state index contributed by atoms with van der Waals surface area (Å²) in [6.45, 7) is 6.18. The minimum absolute atomic E-state index is 0.0839. The molecule has 4 nitrogen and oxygen atoms in total. The number of fused-ring (bicyclic) bond motifs is 1. The van der Waals surface area contributed by atoms with E-state index in [0.29, 0.717) is 0 Å². The summed E-state index contributed by atoms with van der Waals surface area (Å²) in [4.78, 5) is 10.0. The zero-order chi connectivity index (χ0) is 13.2. The smallest absolute Gasteiger partial charge is 0.139 e. The molecule has 0 radical (unpaired) electrons. The molecule has 0 aromatic carbocycles. The fraction of sp³-hybridized carbons (Fsp3) is 0.538. The Morgan fingerprint density at radius 2 is 2.17 bits per heavy atom. The first-order valence-electron chi connectivity index (χ1n) is 6.25. The van der Waals surface area contributed by atoms with Gasteiger partial charge in [-0.25, -0.2) is 9.97 Å². The van der Waals surface area contributed by atoms with Crippen molar-refractivity contribution < 1.29 is 5.11 Å². The van der Waals surface area contributed by atoms with Gasteiger partial charge in [0.15, 0.2) is 0 Å². The van der Waals surface area contributed by atoms with Gasteiger partial charge in [-0.15, -0.1) is 11.3 Å². The molecule has 0 spiro atoms. The van der Waals surface area contributed by atoms with Crippen LogP contribution in [0, 0.1) is 0 Å². The Labute approximate surface area is 111 Å². The van der Waals surface area contributed by atoms with Gasteiger partial charge in [0.1, 0.15) is 16.5 Å². The minimum atomic E-state index is -0.339. The molecule has 2 N–H and O–H groups in total. The standard InChI is InChI=1S/C13H19N3OS/c1-4-10-14-11(16-13(3,5-2)8-17)9-6-7-18-12(9)15-10/h6-7,17H,4-5,8H2,1-3H3,(H,14,15,16). The molecule has 0 saturated carbocycles. The van der Waals surface area contributed by atoms with Gasteiger partial charge in [0.05, 0.1) is 17.5 Å². The van der Waals surface area contributed by atoms with Gasteiger partial charge in [0.25, 0.3) is 0 Å². The summed E-state index contributed by atoms with van der Waals surface area (Å²) in [5.41, 5.74) is -0.339. The highest BCUT2D eigenvalue weighted by Gasteiger charge is 2.22. The number of anilines is 1. The molecule has 2 rings (SSSR count). The third-order valence-electron chi connectivity index (χ3n) is 3.24. The van der Waals surface area contributed by atoms with Crippen LogP contribution in [0.5, 0.6) is 0 Å². The summed E-state index contributed by atoms with van der Waals surface area (Å²) in [5, 5.41) is 15.9. The first-order chi connectivity index (χ1) is 8.61. The number of thiophene rings is 1. The molecule has 0 amide bonds. The number of aliphatic hydroxyl groups excluding tert-OH is 1. The van der Waals surface area contributed by atoms with Gasteiger partial charge in [-0.2, -0.15) is 0 Å². The Kier molecular flexibility index (Phi) is 3.82. The van der Waals surface area contributed by atoms with Crippen molar-refractivity contribution in [3.8, 4) is 0 Å². The fourth-order valence-corrected chi connectivity index (χ4v) is 2.46. The minimum Gasteiger partial charge on any atom is -0.394 e. The number of hydrogen-bond donors (Lipinski definition) is 2. The Bertz CT molecular complexity index is 534. The highest BCUT2D eigenvalue weighted by atomic mass is 32.1. The SMILES string of the molecule is CCc1nc(NC(C)(CC)CO)c2ccsc2n1. The third kappa shape index (κ3) is 2.47. The lowest BCUT2D eigenvalue weighted by atomic mass is 10.0. The molecular weight excluding hydrogens is 246 g/mol. The molecule has 0 saturated heterocycles. The average Bonchev–Trinajstić information content (AvgIpc) is 2.86. The van der Waals surface area contributed by atoms with Crippen molar-refractivity contribution in [2.45, 2.75) is 39.2 Å². The zero-order valence-corrected chi connectivity index (χ0v) is 11.8. The van der Waals surface area contributed by atoms with Crippen molar-refractivity contribution in [1.29, 1.82) is 0 Å². The normalized spacial score (nSPS) is 14.7. The number of aromatic nitrogens is 2.